The Balaban J connectivity index is 1.25. The van der Waals surface area contributed by atoms with Crippen LogP contribution in [0, 0.1) is 0 Å². The minimum absolute atomic E-state index is 0.0875. The predicted molar refractivity (Wildman–Crippen MR) is 107 cm³/mol. The van der Waals surface area contributed by atoms with E-state index in [9.17, 15) is 0 Å². The van der Waals surface area contributed by atoms with Gasteiger partial charge >= 0.3 is 0 Å². The van der Waals surface area contributed by atoms with Gasteiger partial charge in [0.15, 0.2) is 17.4 Å². The normalized spacial score (nSPS) is 25.0. The maximum atomic E-state index is 5.80. The van der Waals surface area contributed by atoms with Gasteiger partial charge in [-0.2, -0.15) is 0 Å². The Labute approximate surface area is 171 Å². The summed E-state index contributed by atoms with van der Waals surface area (Å²) in [7, 11) is 0. The SMILES string of the molecule is CCC[C@@H]1O[C@H]1COc1ccc(-c2ncc(OC[C@H]3COC(C)(C)O3)cn2)cc1. The van der Waals surface area contributed by atoms with Gasteiger partial charge in [-0.05, 0) is 44.5 Å². The van der Waals surface area contributed by atoms with Crippen molar-refractivity contribution in [2.75, 3.05) is 19.8 Å². The molecule has 29 heavy (non-hydrogen) atoms. The van der Waals surface area contributed by atoms with E-state index in [4.69, 9.17) is 23.7 Å². The van der Waals surface area contributed by atoms with Crippen LogP contribution >= 0.6 is 0 Å². The average molecular weight is 400 g/mol. The molecule has 0 amide bonds. The molecule has 0 N–H and O–H groups in total. The number of aromatic nitrogens is 2. The molecule has 0 aliphatic carbocycles. The minimum atomic E-state index is -0.548. The highest BCUT2D eigenvalue weighted by Crippen LogP contribution is 2.28. The lowest BCUT2D eigenvalue weighted by Crippen LogP contribution is -2.25. The molecule has 7 nitrogen and oxygen atoms in total. The predicted octanol–water partition coefficient (Wildman–Crippen LogP) is 3.62. The van der Waals surface area contributed by atoms with Gasteiger partial charge in [0, 0.05) is 5.56 Å². The number of benzene rings is 1. The zero-order valence-corrected chi connectivity index (χ0v) is 17.2. The molecule has 4 rings (SSSR count). The summed E-state index contributed by atoms with van der Waals surface area (Å²) in [5, 5.41) is 0. The van der Waals surface area contributed by atoms with Crippen LogP contribution in [0.1, 0.15) is 33.6 Å². The molecule has 1 aromatic carbocycles. The van der Waals surface area contributed by atoms with Crippen molar-refractivity contribution in [2.45, 2.75) is 57.7 Å². The van der Waals surface area contributed by atoms with E-state index in [2.05, 4.69) is 16.9 Å². The standard InChI is InChI=1S/C22H28N2O5/c1-4-5-19-20(28-19)14-26-16-8-6-15(7-9-16)21-23-10-17(11-24-21)25-12-18-13-27-22(2,3)29-18/h6-11,18-20H,4-5,12-14H2,1-3H3/t18-,19-,20-/m0/s1. The maximum Gasteiger partial charge on any atom is 0.163 e. The summed E-state index contributed by atoms with van der Waals surface area (Å²) in [5.41, 5.74) is 0.921. The molecular formula is C22H28N2O5. The van der Waals surface area contributed by atoms with Gasteiger partial charge in [-0.1, -0.05) is 13.3 Å². The molecule has 2 fully saturated rings. The number of hydrogen-bond donors (Lipinski definition) is 0. The van der Waals surface area contributed by atoms with Crippen LogP contribution in [0.2, 0.25) is 0 Å². The van der Waals surface area contributed by atoms with Gasteiger partial charge in [-0.25, -0.2) is 9.97 Å². The van der Waals surface area contributed by atoms with E-state index in [0.717, 1.165) is 24.2 Å². The summed E-state index contributed by atoms with van der Waals surface area (Å²) in [6.07, 6.45) is 6.10. The molecule has 3 atom stereocenters. The van der Waals surface area contributed by atoms with Crippen molar-refractivity contribution in [3.63, 3.8) is 0 Å². The first-order chi connectivity index (χ1) is 14.0. The molecule has 3 heterocycles. The van der Waals surface area contributed by atoms with Crippen molar-refractivity contribution in [3.8, 4) is 22.9 Å². The summed E-state index contributed by atoms with van der Waals surface area (Å²) in [6.45, 7) is 7.47. The minimum Gasteiger partial charge on any atom is -0.491 e. The van der Waals surface area contributed by atoms with E-state index in [1.54, 1.807) is 12.4 Å². The van der Waals surface area contributed by atoms with Crippen LogP contribution in [0.3, 0.4) is 0 Å². The molecule has 2 aromatic rings. The molecule has 0 saturated carbocycles. The quantitative estimate of drug-likeness (QED) is 0.595. The van der Waals surface area contributed by atoms with E-state index >= 15 is 0 Å². The fourth-order valence-electron chi connectivity index (χ4n) is 3.32. The third-order valence-electron chi connectivity index (χ3n) is 4.92. The first-order valence-electron chi connectivity index (χ1n) is 10.2. The van der Waals surface area contributed by atoms with E-state index in [-0.39, 0.29) is 12.2 Å². The van der Waals surface area contributed by atoms with Gasteiger partial charge in [-0.15, -0.1) is 0 Å². The molecule has 0 spiro atoms. The van der Waals surface area contributed by atoms with Crippen molar-refractivity contribution >= 4 is 0 Å². The molecule has 2 saturated heterocycles. The lowest BCUT2D eigenvalue weighted by molar-refractivity contribution is -0.141. The summed E-state index contributed by atoms with van der Waals surface area (Å²) in [6, 6.07) is 7.77. The first-order valence-corrected chi connectivity index (χ1v) is 10.2. The molecule has 0 unspecified atom stereocenters. The van der Waals surface area contributed by atoms with E-state index in [1.807, 2.05) is 38.1 Å². The van der Waals surface area contributed by atoms with Crippen molar-refractivity contribution in [3.05, 3.63) is 36.7 Å². The highest BCUT2D eigenvalue weighted by molar-refractivity contribution is 5.56. The number of ether oxygens (including phenoxy) is 5. The van der Waals surface area contributed by atoms with Crippen molar-refractivity contribution in [2.24, 2.45) is 0 Å². The summed E-state index contributed by atoms with van der Waals surface area (Å²) in [5.74, 6) is 1.51. The molecule has 2 aliphatic heterocycles. The summed E-state index contributed by atoms with van der Waals surface area (Å²) >= 11 is 0. The molecule has 0 radical (unpaired) electrons. The van der Waals surface area contributed by atoms with Crippen molar-refractivity contribution < 1.29 is 23.7 Å². The van der Waals surface area contributed by atoms with Gasteiger partial charge < -0.3 is 23.7 Å². The highest BCUT2D eigenvalue weighted by atomic mass is 16.7. The summed E-state index contributed by atoms with van der Waals surface area (Å²) in [4.78, 5) is 8.80. The molecular weight excluding hydrogens is 372 g/mol. The average Bonchev–Trinajstić information content (AvgIpc) is 3.38. The van der Waals surface area contributed by atoms with Gasteiger partial charge in [-0.3, -0.25) is 0 Å². The number of nitrogens with zero attached hydrogens (tertiary/aromatic N) is 2. The van der Waals surface area contributed by atoms with Crippen molar-refractivity contribution in [1.29, 1.82) is 0 Å². The van der Waals surface area contributed by atoms with Gasteiger partial charge in [0.2, 0.25) is 0 Å². The third kappa shape index (κ3) is 5.44. The number of rotatable bonds is 9. The fraction of sp³-hybridized carbons (Fsp3) is 0.545. The second kappa shape index (κ2) is 8.65. The Morgan fingerprint density at radius 3 is 2.38 bits per heavy atom. The smallest absolute Gasteiger partial charge is 0.163 e. The lowest BCUT2D eigenvalue weighted by Gasteiger charge is -2.17. The second-order valence-electron chi connectivity index (χ2n) is 7.84. The van der Waals surface area contributed by atoms with Gasteiger partial charge in [0.1, 0.15) is 31.2 Å². The highest BCUT2D eigenvalue weighted by Gasteiger charge is 2.38. The molecule has 7 heteroatoms. The fourth-order valence-corrected chi connectivity index (χ4v) is 3.32. The largest absolute Gasteiger partial charge is 0.491 e. The molecule has 156 valence electrons. The maximum absolute atomic E-state index is 5.80. The van der Waals surface area contributed by atoms with Gasteiger partial charge in [0.05, 0.1) is 25.1 Å². The van der Waals surface area contributed by atoms with Gasteiger partial charge in [0.25, 0.3) is 0 Å². The Morgan fingerprint density at radius 2 is 1.72 bits per heavy atom. The monoisotopic (exact) mass is 400 g/mol. The molecule has 1 aromatic heterocycles. The second-order valence-corrected chi connectivity index (χ2v) is 7.84. The van der Waals surface area contributed by atoms with Crippen LogP contribution in [-0.4, -0.2) is 53.9 Å². The topological polar surface area (TPSA) is 75.2 Å². The van der Waals surface area contributed by atoms with Crippen LogP contribution in [0.4, 0.5) is 0 Å². The van der Waals surface area contributed by atoms with E-state index < -0.39 is 5.79 Å². The van der Waals surface area contributed by atoms with Crippen LogP contribution in [-0.2, 0) is 14.2 Å². The van der Waals surface area contributed by atoms with Crippen molar-refractivity contribution in [1.82, 2.24) is 9.97 Å². The zero-order chi connectivity index (χ0) is 20.3. The van der Waals surface area contributed by atoms with Crippen LogP contribution in [0.15, 0.2) is 36.7 Å². The Morgan fingerprint density at radius 1 is 1.00 bits per heavy atom. The zero-order valence-electron chi connectivity index (χ0n) is 17.2. The first kappa shape index (κ1) is 20.1. The number of hydrogen-bond acceptors (Lipinski definition) is 7. The lowest BCUT2D eigenvalue weighted by atomic mass is 10.2. The van der Waals surface area contributed by atoms with Crippen LogP contribution < -0.4 is 9.47 Å². The van der Waals surface area contributed by atoms with E-state index in [1.165, 1.54) is 0 Å². The Bertz CT molecular complexity index is 794. The Kier molecular flexibility index (Phi) is 5.99. The molecule has 2 aliphatic rings. The number of epoxide rings is 1. The summed E-state index contributed by atoms with van der Waals surface area (Å²) < 4.78 is 28.3. The molecule has 0 bridgehead atoms. The Hall–Kier alpha value is -2.22. The van der Waals surface area contributed by atoms with E-state index in [0.29, 0.717) is 37.5 Å². The van der Waals surface area contributed by atoms with Crippen LogP contribution in [0.25, 0.3) is 11.4 Å². The third-order valence-corrected chi connectivity index (χ3v) is 4.92. The van der Waals surface area contributed by atoms with Crippen LogP contribution in [0.5, 0.6) is 11.5 Å².